The van der Waals surface area contributed by atoms with Crippen molar-refractivity contribution >= 4 is 27.4 Å². The van der Waals surface area contributed by atoms with Gasteiger partial charge in [-0.3, -0.25) is 0 Å². The fourth-order valence-electron chi connectivity index (χ4n) is 2.69. The lowest BCUT2D eigenvalue weighted by molar-refractivity contribution is 0.905. The molecule has 1 aliphatic rings. The first kappa shape index (κ1) is 11.1. The highest BCUT2D eigenvalue weighted by Crippen LogP contribution is 2.32. The molecule has 0 bridgehead atoms. The molecule has 96 valence electrons. The zero-order valence-corrected chi connectivity index (χ0v) is 10.7. The number of hydrogen-bond acceptors (Lipinski definition) is 4. The van der Waals surface area contributed by atoms with Crippen LogP contribution in [0, 0.1) is 0 Å². The zero-order chi connectivity index (χ0) is 13.5. The molecule has 4 nitrogen and oxygen atoms in total. The smallest absolute Gasteiger partial charge is 0.157 e. The SMILES string of the molecule is NC1=NN=NC1c1cccc2cc3ccccc3cc12. The molecule has 4 heteroatoms. The molecule has 0 spiro atoms. The van der Waals surface area contributed by atoms with E-state index in [-0.39, 0.29) is 6.04 Å². The van der Waals surface area contributed by atoms with Crippen molar-refractivity contribution in [2.75, 3.05) is 0 Å². The minimum atomic E-state index is -0.264. The standard InChI is InChI=1S/C16H12N4/c17-16-15(18-20-19-16)13-7-3-6-12-8-10-4-1-2-5-11(10)9-14(12)13/h1-9,15H,(H2,17,18,19). The van der Waals surface area contributed by atoms with Crippen LogP contribution in [-0.2, 0) is 0 Å². The maximum atomic E-state index is 5.88. The summed E-state index contributed by atoms with van der Waals surface area (Å²) in [7, 11) is 0. The van der Waals surface area contributed by atoms with Crippen LogP contribution in [-0.4, -0.2) is 5.84 Å². The summed E-state index contributed by atoms with van der Waals surface area (Å²) >= 11 is 0. The molecule has 1 aliphatic heterocycles. The molecule has 1 atom stereocenters. The van der Waals surface area contributed by atoms with Crippen molar-refractivity contribution in [3.05, 3.63) is 60.2 Å². The van der Waals surface area contributed by atoms with Crippen molar-refractivity contribution in [1.82, 2.24) is 0 Å². The number of fused-ring (bicyclic) bond motifs is 2. The topological polar surface area (TPSA) is 63.1 Å². The Kier molecular flexibility index (Phi) is 2.29. The van der Waals surface area contributed by atoms with Crippen molar-refractivity contribution in [3.63, 3.8) is 0 Å². The molecular formula is C16H12N4. The van der Waals surface area contributed by atoms with Crippen molar-refractivity contribution in [1.29, 1.82) is 0 Å². The van der Waals surface area contributed by atoms with Gasteiger partial charge in [0.15, 0.2) is 11.9 Å². The zero-order valence-electron chi connectivity index (χ0n) is 10.7. The third kappa shape index (κ3) is 1.58. The van der Waals surface area contributed by atoms with E-state index in [0.29, 0.717) is 5.84 Å². The largest absolute Gasteiger partial charge is 0.383 e. The highest BCUT2D eigenvalue weighted by atomic mass is 15.4. The Morgan fingerprint density at radius 2 is 1.60 bits per heavy atom. The average molecular weight is 260 g/mol. The van der Waals surface area contributed by atoms with Crippen LogP contribution in [0.3, 0.4) is 0 Å². The Morgan fingerprint density at radius 1 is 0.850 bits per heavy atom. The van der Waals surface area contributed by atoms with E-state index in [2.05, 4.69) is 45.8 Å². The summed E-state index contributed by atoms with van der Waals surface area (Å²) in [6.07, 6.45) is 0. The van der Waals surface area contributed by atoms with Gasteiger partial charge in [0.2, 0.25) is 0 Å². The number of nitrogens with zero attached hydrogens (tertiary/aromatic N) is 3. The average Bonchev–Trinajstić information content (AvgIpc) is 2.90. The van der Waals surface area contributed by atoms with Crippen molar-refractivity contribution in [2.45, 2.75) is 6.04 Å². The minimum Gasteiger partial charge on any atom is -0.383 e. The van der Waals surface area contributed by atoms with Gasteiger partial charge in [0.05, 0.1) is 0 Å². The van der Waals surface area contributed by atoms with E-state index in [0.717, 1.165) is 10.9 Å². The lowest BCUT2D eigenvalue weighted by atomic mass is 9.96. The quantitative estimate of drug-likeness (QED) is 0.665. The second-order valence-electron chi connectivity index (χ2n) is 4.90. The molecule has 0 fully saturated rings. The normalized spacial score (nSPS) is 17.8. The van der Waals surface area contributed by atoms with Gasteiger partial charge >= 0.3 is 0 Å². The number of nitrogens with two attached hydrogens (primary N) is 1. The molecule has 0 aliphatic carbocycles. The molecule has 2 N–H and O–H groups in total. The molecule has 0 radical (unpaired) electrons. The molecule has 1 heterocycles. The summed E-state index contributed by atoms with van der Waals surface area (Å²) in [6, 6.07) is 18.6. The molecule has 1 unspecified atom stereocenters. The second-order valence-corrected chi connectivity index (χ2v) is 4.90. The van der Waals surface area contributed by atoms with Crippen molar-refractivity contribution < 1.29 is 0 Å². The van der Waals surface area contributed by atoms with E-state index in [1.54, 1.807) is 0 Å². The Labute approximate surface area is 115 Å². The van der Waals surface area contributed by atoms with Gasteiger partial charge in [0.1, 0.15) is 0 Å². The maximum Gasteiger partial charge on any atom is 0.157 e. The third-order valence-corrected chi connectivity index (χ3v) is 3.68. The molecule has 3 aromatic rings. The first-order chi connectivity index (χ1) is 9.83. The van der Waals surface area contributed by atoms with E-state index < -0.39 is 0 Å². The molecule has 0 saturated heterocycles. The van der Waals surface area contributed by atoms with Crippen LogP contribution < -0.4 is 5.73 Å². The van der Waals surface area contributed by atoms with Crippen LogP contribution in [0.4, 0.5) is 0 Å². The first-order valence-electron chi connectivity index (χ1n) is 6.47. The van der Waals surface area contributed by atoms with E-state index in [1.165, 1.54) is 16.2 Å². The van der Waals surface area contributed by atoms with Gasteiger partial charge in [-0.05, 0) is 44.5 Å². The Balaban J connectivity index is 2.04. The van der Waals surface area contributed by atoms with Crippen LogP contribution in [0.2, 0.25) is 0 Å². The van der Waals surface area contributed by atoms with E-state index in [1.807, 2.05) is 24.3 Å². The highest BCUT2D eigenvalue weighted by molar-refractivity contribution is 6.02. The molecule has 3 aromatic carbocycles. The number of rotatable bonds is 1. The Morgan fingerprint density at radius 3 is 2.35 bits per heavy atom. The van der Waals surface area contributed by atoms with Gasteiger partial charge < -0.3 is 5.73 Å². The van der Waals surface area contributed by atoms with Gasteiger partial charge in [-0.25, -0.2) is 0 Å². The summed E-state index contributed by atoms with van der Waals surface area (Å²) in [5, 5.41) is 16.4. The fraction of sp³-hybridized carbons (Fsp3) is 0.0625. The number of hydrogen-bond donors (Lipinski definition) is 1. The monoisotopic (exact) mass is 260 g/mol. The number of amidine groups is 1. The van der Waals surface area contributed by atoms with Crippen LogP contribution in [0.25, 0.3) is 21.5 Å². The summed E-state index contributed by atoms with van der Waals surface area (Å²) in [5.74, 6) is 0.450. The van der Waals surface area contributed by atoms with E-state index in [4.69, 9.17) is 5.73 Å². The molecule has 4 rings (SSSR count). The van der Waals surface area contributed by atoms with Gasteiger partial charge in [-0.1, -0.05) is 42.5 Å². The Hall–Kier alpha value is -2.75. The van der Waals surface area contributed by atoms with Crippen LogP contribution in [0.1, 0.15) is 11.6 Å². The summed E-state index contributed by atoms with van der Waals surface area (Å²) in [6.45, 7) is 0. The van der Waals surface area contributed by atoms with Gasteiger partial charge in [0.25, 0.3) is 0 Å². The summed E-state index contributed by atoms with van der Waals surface area (Å²) in [4.78, 5) is 0. The molecule has 0 aromatic heterocycles. The number of benzene rings is 3. The molecule has 20 heavy (non-hydrogen) atoms. The van der Waals surface area contributed by atoms with Crippen molar-refractivity contribution in [3.8, 4) is 0 Å². The second kappa shape index (κ2) is 4.13. The van der Waals surface area contributed by atoms with Crippen LogP contribution in [0.5, 0.6) is 0 Å². The Bertz CT molecular complexity index is 880. The van der Waals surface area contributed by atoms with Crippen LogP contribution >= 0.6 is 0 Å². The minimum absolute atomic E-state index is 0.264. The first-order valence-corrected chi connectivity index (χ1v) is 6.47. The summed E-state index contributed by atoms with van der Waals surface area (Å²) < 4.78 is 0. The van der Waals surface area contributed by atoms with Gasteiger partial charge in [0, 0.05) is 0 Å². The molecule has 0 amide bonds. The predicted molar refractivity (Wildman–Crippen MR) is 80.7 cm³/mol. The van der Waals surface area contributed by atoms with Gasteiger partial charge in [-0.15, -0.1) is 5.10 Å². The lowest BCUT2D eigenvalue weighted by Crippen LogP contribution is -2.17. The highest BCUT2D eigenvalue weighted by Gasteiger charge is 2.21. The summed E-state index contributed by atoms with van der Waals surface area (Å²) in [5.41, 5.74) is 6.93. The lowest BCUT2D eigenvalue weighted by Gasteiger charge is -2.11. The fourth-order valence-corrected chi connectivity index (χ4v) is 2.69. The predicted octanol–water partition coefficient (Wildman–Crippen LogP) is 3.77. The van der Waals surface area contributed by atoms with Gasteiger partial charge in [-0.2, -0.15) is 5.11 Å². The van der Waals surface area contributed by atoms with Crippen LogP contribution in [0.15, 0.2) is 70.0 Å². The third-order valence-electron chi connectivity index (χ3n) is 3.68. The van der Waals surface area contributed by atoms with Crippen molar-refractivity contribution in [2.24, 2.45) is 21.2 Å². The molecular weight excluding hydrogens is 248 g/mol. The molecule has 0 saturated carbocycles. The van der Waals surface area contributed by atoms with E-state index in [9.17, 15) is 0 Å². The van der Waals surface area contributed by atoms with E-state index >= 15 is 0 Å². The maximum absolute atomic E-state index is 5.88.